The van der Waals surface area contributed by atoms with Crippen LogP contribution in [0.15, 0.2) is 24.3 Å². The van der Waals surface area contributed by atoms with Crippen LogP contribution in [0.4, 0.5) is 0 Å². The maximum absolute atomic E-state index is 13.0. The number of hydrogen-bond acceptors (Lipinski definition) is 8. The highest BCUT2D eigenvalue weighted by Gasteiger charge is 2.31. The third-order valence-electron chi connectivity index (χ3n) is 5.35. The zero-order valence-electron chi connectivity index (χ0n) is 20.1. The summed E-state index contributed by atoms with van der Waals surface area (Å²) in [5, 5.41) is 35.0. The van der Waals surface area contributed by atoms with Gasteiger partial charge >= 0.3 is 5.97 Å². The number of aromatic hydroxyl groups is 1. The van der Waals surface area contributed by atoms with Crippen molar-refractivity contribution in [1.29, 1.82) is 0 Å². The molecule has 0 saturated carbocycles. The number of carboxylic acids is 1. The van der Waals surface area contributed by atoms with Crippen molar-refractivity contribution in [2.75, 3.05) is 13.2 Å². The molecule has 0 fully saturated rings. The minimum Gasteiger partial charge on any atom is -0.508 e. The molecule has 0 saturated heterocycles. The van der Waals surface area contributed by atoms with Crippen LogP contribution >= 0.6 is 0 Å². The summed E-state index contributed by atoms with van der Waals surface area (Å²) in [5.41, 5.74) is 12.3. The first-order chi connectivity index (χ1) is 16.5. The molecule has 0 aliphatic heterocycles. The highest BCUT2D eigenvalue weighted by molar-refractivity contribution is 5.94. The van der Waals surface area contributed by atoms with Crippen LogP contribution in [-0.2, 0) is 25.6 Å². The van der Waals surface area contributed by atoms with E-state index < -0.39 is 60.4 Å². The lowest BCUT2D eigenvalue weighted by Crippen LogP contribution is -2.58. The molecule has 0 spiro atoms. The third-order valence-corrected chi connectivity index (χ3v) is 5.35. The predicted molar refractivity (Wildman–Crippen MR) is 128 cm³/mol. The molecule has 12 nitrogen and oxygen atoms in total. The molecule has 4 atom stereocenters. The Bertz CT molecular complexity index is 847. The summed E-state index contributed by atoms with van der Waals surface area (Å²) in [7, 11) is 0. The zero-order chi connectivity index (χ0) is 26.5. The number of aliphatic hydroxyl groups excluding tert-OH is 1. The van der Waals surface area contributed by atoms with Crippen molar-refractivity contribution in [3.63, 3.8) is 0 Å². The van der Waals surface area contributed by atoms with Gasteiger partial charge in [0.1, 0.15) is 23.9 Å². The first-order valence-electron chi connectivity index (χ1n) is 11.5. The van der Waals surface area contributed by atoms with E-state index in [1.54, 1.807) is 26.0 Å². The van der Waals surface area contributed by atoms with Crippen LogP contribution in [0.2, 0.25) is 0 Å². The number of nitrogens with two attached hydrogens (primary N) is 2. The highest BCUT2D eigenvalue weighted by Crippen LogP contribution is 2.11. The number of benzene rings is 1. The van der Waals surface area contributed by atoms with Gasteiger partial charge in [0.15, 0.2) is 0 Å². The lowest BCUT2D eigenvalue weighted by molar-refractivity contribution is -0.143. The van der Waals surface area contributed by atoms with Gasteiger partial charge in [0.05, 0.1) is 12.6 Å². The average molecular weight is 496 g/mol. The molecular weight excluding hydrogens is 458 g/mol. The molecule has 0 aliphatic rings. The van der Waals surface area contributed by atoms with Gasteiger partial charge in [-0.3, -0.25) is 14.4 Å². The smallest absolute Gasteiger partial charge is 0.328 e. The second kappa shape index (κ2) is 14.9. The number of carbonyl (C=O) groups excluding carboxylic acids is 3. The van der Waals surface area contributed by atoms with E-state index in [4.69, 9.17) is 21.7 Å². The van der Waals surface area contributed by atoms with Crippen molar-refractivity contribution in [2.24, 2.45) is 17.4 Å². The number of phenolic OH excluding ortho intramolecular Hbond substituents is 1. The molecule has 0 aliphatic carbocycles. The molecule has 12 heteroatoms. The second-order valence-electron chi connectivity index (χ2n) is 8.63. The van der Waals surface area contributed by atoms with Gasteiger partial charge in [-0.1, -0.05) is 26.0 Å². The molecule has 1 aromatic rings. The number of aliphatic carboxylic acids is 1. The lowest BCUT2D eigenvalue weighted by atomic mass is 10.0. The zero-order valence-corrected chi connectivity index (χ0v) is 20.1. The fourth-order valence-electron chi connectivity index (χ4n) is 3.25. The monoisotopic (exact) mass is 495 g/mol. The largest absolute Gasteiger partial charge is 0.508 e. The molecule has 0 radical (unpaired) electrons. The van der Waals surface area contributed by atoms with Crippen LogP contribution in [0.3, 0.4) is 0 Å². The van der Waals surface area contributed by atoms with E-state index in [-0.39, 0.29) is 18.6 Å². The number of carbonyl (C=O) groups is 4. The Kier molecular flexibility index (Phi) is 12.7. The SMILES string of the molecule is CC(C)C(NC(=O)C(CCCCN)NC(=O)C(N)Cc1ccc(O)cc1)C(=O)NC(CO)C(=O)O. The summed E-state index contributed by atoms with van der Waals surface area (Å²) in [5.74, 6) is -3.71. The Hall–Kier alpha value is -3.22. The summed E-state index contributed by atoms with van der Waals surface area (Å²) in [6.07, 6.45) is 1.58. The van der Waals surface area contributed by atoms with Crippen molar-refractivity contribution in [1.82, 2.24) is 16.0 Å². The molecular formula is C23H37N5O7. The quantitative estimate of drug-likeness (QED) is 0.134. The van der Waals surface area contributed by atoms with E-state index in [9.17, 15) is 24.3 Å². The molecule has 3 amide bonds. The standard InChI is InChI=1S/C23H37N5O7/c1-13(2)19(22(33)27-18(12-29)23(34)35)28-21(32)17(5-3-4-10-24)26-20(31)16(25)11-14-6-8-15(30)9-7-14/h6-9,13,16-19,29-30H,3-5,10-12,24-25H2,1-2H3,(H,26,31)(H,27,33)(H,28,32)(H,34,35). The van der Waals surface area contributed by atoms with Crippen LogP contribution in [0.25, 0.3) is 0 Å². The summed E-state index contributed by atoms with van der Waals surface area (Å²) < 4.78 is 0. The van der Waals surface area contributed by atoms with Gasteiger partial charge in [-0.25, -0.2) is 4.79 Å². The molecule has 1 aromatic carbocycles. The Balaban J connectivity index is 2.91. The second-order valence-corrected chi connectivity index (χ2v) is 8.63. The van der Waals surface area contributed by atoms with Gasteiger partial charge in [0, 0.05) is 0 Å². The third kappa shape index (κ3) is 10.3. The van der Waals surface area contributed by atoms with Gasteiger partial charge in [0.2, 0.25) is 17.7 Å². The van der Waals surface area contributed by atoms with Crippen molar-refractivity contribution in [3.8, 4) is 5.75 Å². The number of unbranched alkanes of at least 4 members (excludes halogenated alkanes) is 1. The fraction of sp³-hybridized carbons (Fsp3) is 0.565. The van der Waals surface area contributed by atoms with Crippen LogP contribution in [0.5, 0.6) is 5.75 Å². The normalized spacial score (nSPS) is 14.5. The predicted octanol–water partition coefficient (Wildman–Crippen LogP) is -1.42. The molecule has 0 heterocycles. The molecule has 10 N–H and O–H groups in total. The Morgan fingerprint density at radius 1 is 0.914 bits per heavy atom. The van der Waals surface area contributed by atoms with Crippen LogP contribution < -0.4 is 27.4 Å². The van der Waals surface area contributed by atoms with Crippen molar-refractivity contribution in [3.05, 3.63) is 29.8 Å². The molecule has 0 bridgehead atoms. The Morgan fingerprint density at radius 2 is 1.51 bits per heavy atom. The van der Waals surface area contributed by atoms with Crippen LogP contribution in [0, 0.1) is 5.92 Å². The van der Waals surface area contributed by atoms with Gasteiger partial charge in [-0.05, 0) is 55.8 Å². The van der Waals surface area contributed by atoms with E-state index in [0.717, 1.165) is 5.56 Å². The van der Waals surface area contributed by atoms with Gasteiger partial charge in [0.25, 0.3) is 0 Å². The first kappa shape index (κ1) is 29.8. The number of hydrogen-bond donors (Lipinski definition) is 8. The summed E-state index contributed by atoms with van der Waals surface area (Å²) in [6, 6.07) is 1.65. The molecule has 1 rings (SSSR count). The lowest BCUT2D eigenvalue weighted by Gasteiger charge is -2.27. The number of carboxylic acid groups (broad SMARTS) is 1. The number of aliphatic hydroxyl groups is 1. The molecule has 4 unspecified atom stereocenters. The number of phenols is 1. The Morgan fingerprint density at radius 3 is 2.03 bits per heavy atom. The maximum atomic E-state index is 13.0. The van der Waals surface area contributed by atoms with E-state index in [0.29, 0.717) is 19.4 Å². The minimum atomic E-state index is -1.52. The summed E-state index contributed by atoms with van der Waals surface area (Å²) in [4.78, 5) is 49.5. The van der Waals surface area contributed by atoms with Crippen LogP contribution in [0.1, 0.15) is 38.7 Å². The summed E-state index contributed by atoms with van der Waals surface area (Å²) in [6.45, 7) is 2.91. The van der Waals surface area contributed by atoms with Crippen molar-refractivity contribution >= 4 is 23.7 Å². The topological polar surface area (TPSA) is 217 Å². The average Bonchev–Trinajstić information content (AvgIpc) is 2.80. The van der Waals surface area contributed by atoms with Crippen molar-refractivity contribution in [2.45, 2.75) is 63.7 Å². The fourth-order valence-corrected chi connectivity index (χ4v) is 3.25. The minimum absolute atomic E-state index is 0.0841. The number of nitrogens with one attached hydrogen (secondary N) is 3. The first-order valence-corrected chi connectivity index (χ1v) is 11.5. The summed E-state index contributed by atoms with van der Waals surface area (Å²) >= 11 is 0. The number of amides is 3. The highest BCUT2D eigenvalue weighted by atomic mass is 16.4. The van der Waals surface area contributed by atoms with Crippen LogP contribution in [-0.4, -0.2) is 76.3 Å². The Labute approximate surface area is 204 Å². The van der Waals surface area contributed by atoms with Gasteiger partial charge in [-0.2, -0.15) is 0 Å². The molecule has 196 valence electrons. The van der Waals surface area contributed by atoms with E-state index in [2.05, 4.69) is 16.0 Å². The molecule has 35 heavy (non-hydrogen) atoms. The van der Waals surface area contributed by atoms with Gasteiger partial charge in [-0.15, -0.1) is 0 Å². The molecule has 0 aromatic heterocycles. The van der Waals surface area contributed by atoms with E-state index in [1.165, 1.54) is 12.1 Å². The van der Waals surface area contributed by atoms with Crippen molar-refractivity contribution < 1.29 is 34.5 Å². The van der Waals surface area contributed by atoms with Gasteiger partial charge < -0.3 is 42.7 Å². The maximum Gasteiger partial charge on any atom is 0.328 e. The number of rotatable bonds is 15. The van der Waals surface area contributed by atoms with E-state index >= 15 is 0 Å². The van der Waals surface area contributed by atoms with E-state index in [1.807, 2.05) is 0 Å².